The van der Waals surface area contributed by atoms with E-state index in [9.17, 15) is 0 Å². The van der Waals surface area contributed by atoms with Crippen LogP contribution in [0.4, 0.5) is 0 Å². The van der Waals surface area contributed by atoms with E-state index in [1.807, 2.05) is 0 Å². The molecule has 1 unspecified atom stereocenters. The van der Waals surface area contributed by atoms with Gasteiger partial charge in [-0.2, -0.15) is 0 Å². The third kappa shape index (κ3) is 4.24. The minimum absolute atomic E-state index is 0.279. The van der Waals surface area contributed by atoms with Gasteiger partial charge in [0.1, 0.15) is 0 Å². The molecule has 1 atom stereocenters. The van der Waals surface area contributed by atoms with Crippen LogP contribution in [0.1, 0.15) is 72.1 Å². The number of unbranched alkanes of at least 4 members (excludes halogenated alkanes) is 2. The molecule has 108 valence electrons. The molecule has 0 saturated heterocycles. The first-order valence-electron chi connectivity index (χ1n) is 7.87. The molecular weight excluding hydrogens is 220 g/mol. The van der Waals surface area contributed by atoms with Crippen LogP contribution in [0.3, 0.4) is 0 Å². The van der Waals surface area contributed by atoms with Crippen LogP contribution in [0, 0.1) is 5.41 Å². The molecule has 0 amide bonds. The Labute approximate surface area is 114 Å². The zero-order valence-corrected chi connectivity index (χ0v) is 13.1. The van der Waals surface area contributed by atoms with Gasteiger partial charge < -0.3 is 5.73 Å². The molecule has 0 bridgehead atoms. The summed E-state index contributed by atoms with van der Waals surface area (Å²) < 4.78 is 0. The van der Waals surface area contributed by atoms with Crippen molar-refractivity contribution in [2.24, 2.45) is 11.1 Å². The summed E-state index contributed by atoms with van der Waals surface area (Å²) in [7, 11) is 2.29. The highest BCUT2D eigenvalue weighted by Crippen LogP contribution is 2.40. The Morgan fingerprint density at radius 1 is 1.06 bits per heavy atom. The molecule has 18 heavy (non-hydrogen) atoms. The monoisotopic (exact) mass is 254 g/mol. The molecule has 0 spiro atoms. The molecule has 1 saturated carbocycles. The van der Waals surface area contributed by atoms with Gasteiger partial charge in [0.15, 0.2) is 0 Å². The van der Waals surface area contributed by atoms with Gasteiger partial charge in [-0.1, -0.05) is 40.0 Å². The van der Waals surface area contributed by atoms with Gasteiger partial charge >= 0.3 is 0 Å². The fraction of sp³-hybridized carbons (Fsp3) is 1.00. The second kappa shape index (κ2) is 6.91. The quantitative estimate of drug-likeness (QED) is 0.577. The number of nitrogens with zero attached hydrogens (tertiary/aromatic N) is 1. The Balaban J connectivity index is 2.60. The van der Waals surface area contributed by atoms with Gasteiger partial charge in [0, 0.05) is 12.1 Å². The molecule has 2 nitrogen and oxygen atoms in total. The molecule has 0 aromatic carbocycles. The molecular formula is C16H34N2. The Hall–Kier alpha value is -0.0800. The van der Waals surface area contributed by atoms with Gasteiger partial charge in [-0.25, -0.2) is 0 Å². The van der Waals surface area contributed by atoms with E-state index in [0.717, 1.165) is 6.54 Å². The summed E-state index contributed by atoms with van der Waals surface area (Å²) in [6, 6.07) is 0. The summed E-state index contributed by atoms with van der Waals surface area (Å²) in [5.74, 6) is 0. The molecule has 0 radical (unpaired) electrons. The lowest BCUT2D eigenvalue weighted by Crippen LogP contribution is -2.52. The number of rotatable bonds is 6. The zero-order chi connectivity index (χ0) is 13.6. The Kier molecular flexibility index (Phi) is 6.13. The van der Waals surface area contributed by atoms with E-state index in [2.05, 4.69) is 32.7 Å². The summed E-state index contributed by atoms with van der Waals surface area (Å²) in [4.78, 5) is 2.57. The molecule has 1 rings (SSSR count). The van der Waals surface area contributed by atoms with Crippen molar-refractivity contribution in [3.8, 4) is 0 Å². The van der Waals surface area contributed by atoms with Crippen molar-refractivity contribution >= 4 is 0 Å². The standard InChI is InChI=1S/C16H34N2/c1-5-6-7-13-18(4)16(14-17)10-8-9-15(2,3)11-12-16/h5-14,17H2,1-4H3. The minimum atomic E-state index is 0.279. The van der Waals surface area contributed by atoms with Crippen LogP contribution in [-0.2, 0) is 0 Å². The fourth-order valence-electron chi connectivity index (χ4n) is 3.29. The van der Waals surface area contributed by atoms with Crippen molar-refractivity contribution in [3.05, 3.63) is 0 Å². The molecule has 0 aromatic heterocycles. The SMILES string of the molecule is CCCCCN(C)C1(CN)CCCC(C)(C)CC1. The number of hydrogen-bond acceptors (Lipinski definition) is 2. The minimum Gasteiger partial charge on any atom is -0.329 e. The summed E-state index contributed by atoms with van der Waals surface area (Å²) in [5, 5.41) is 0. The lowest BCUT2D eigenvalue weighted by atomic mass is 9.83. The summed E-state index contributed by atoms with van der Waals surface area (Å²) in [6.07, 6.45) is 10.5. The van der Waals surface area contributed by atoms with E-state index < -0.39 is 0 Å². The van der Waals surface area contributed by atoms with E-state index in [1.54, 1.807) is 0 Å². The van der Waals surface area contributed by atoms with Crippen LogP contribution in [0.15, 0.2) is 0 Å². The van der Waals surface area contributed by atoms with Gasteiger partial charge in [-0.15, -0.1) is 0 Å². The Bertz CT molecular complexity index is 237. The predicted molar refractivity (Wildman–Crippen MR) is 80.8 cm³/mol. The lowest BCUT2D eigenvalue weighted by Gasteiger charge is -2.41. The van der Waals surface area contributed by atoms with Gasteiger partial charge in [-0.3, -0.25) is 4.90 Å². The van der Waals surface area contributed by atoms with Crippen molar-refractivity contribution in [1.82, 2.24) is 4.90 Å². The molecule has 0 aromatic rings. The van der Waals surface area contributed by atoms with Gasteiger partial charge in [-0.05, 0) is 51.1 Å². The van der Waals surface area contributed by atoms with Crippen LogP contribution in [0.25, 0.3) is 0 Å². The normalized spacial score (nSPS) is 28.3. The summed E-state index contributed by atoms with van der Waals surface area (Å²) in [6.45, 7) is 9.14. The highest BCUT2D eigenvalue weighted by molar-refractivity contribution is 4.94. The molecule has 0 heterocycles. The van der Waals surface area contributed by atoms with Crippen LogP contribution < -0.4 is 5.73 Å². The maximum atomic E-state index is 6.16. The molecule has 2 heteroatoms. The van der Waals surface area contributed by atoms with Gasteiger partial charge in [0.25, 0.3) is 0 Å². The molecule has 1 aliphatic carbocycles. The third-order valence-corrected chi connectivity index (χ3v) is 5.05. The zero-order valence-electron chi connectivity index (χ0n) is 13.1. The van der Waals surface area contributed by atoms with Crippen molar-refractivity contribution in [2.75, 3.05) is 20.1 Å². The van der Waals surface area contributed by atoms with E-state index in [0.29, 0.717) is 5.41 Å². The average molecular weight is 254 g/mol. The van der Waals surface area contributed by atoms with Crippen molar-refractivity contribution in [1.29, 1.82) is 0 Å². The number of hydrogen-bond donors (Lipinski definition) is 1. The van der Waals surface area contributed by atoms with Crippen LogP contribution in [0.5, 0.6) is 0 Å². The predicted octanol–water partition coefficient (Wildman–Crippen LogP) is 3.80. The second-order valence-corrected chi connectivity index (χ2v) is 7.07. The molecule has 2 N–H and O–H groups in total. The first-order valence-corrected chi connectivity index (χ1v) is 7.87. The largest absolute Gasteiger partial charge is 0.329 e. The summed E-state index contributed by atoms with van der Waals surface area (Å²) >= 11 is 0. The average Bonchev–Trinajstić information content (AvgIpc) is 2.49. The van der Waals surface area contributed by atoms with Gasteiger partial charge in [0.05, 0.1) is 0 Å². The van der Waals surface area contributed by atoms with Crippen molar-refractivity contribution in [3.63, 3.8) is 0 Å². The van der Waals surface area contributed by atoms with E-state index in [-0.39, 0.29) is 5.54 Å². The number of nitrogens with two attached hydrogens (primary N) is 1. The highest BCUT2D eigenvalue weighted by atomic mass is 15.2. The lowest BCUT2D eigenvalue weighted by molar-refractivity contribution is 0.101. The maximum Gasteiger partial charge on any atom is 0.0328 e. The Morgan fingerprint density at radius 3 is 2.39 bits per heavy atom. The molecule has 1 aliphatic rings. The highest BCUT2D eigenvalue weighted by Gasteiger charge is 2.37. The first-order chi connectivity index (χ1) is 8.46. The van der Waals surface area contributed by atoms with E-state index in [1.165, 1.54) is 57.9 Å². The smallest absolute Gasteiger partial charge is 0.0328 e. The maximum absolute atomic E-state index is 6.16. The first kappa shape index (κ1) is 16.0. The van der Waals surface area contributed by atoms with Crippen LogP contribution in [-0.4, -0.2) is 30.6 Å². The van der Waals surface area contributed by atoms with Crippen molar-refractivity contribution < 1.29 is 0 Å². The van der Waals surface area contributed by atoms with Crippen LogP contribution >= 0.6 is 0 Å². The summed E-state index contributed by atoms with van der Waals surface area (Å²) in [5.41, 5.74) is 6.95. The van der Waals surface area contributed by atoms with E-state index in [4.69, 9.17) is 5.73 Å². The van der Waals surface area contributed by atoms with Gasteiger partial charge in [0.2, 0.25) is 0 Å². The Morgan fingerprint density at radius 2 is 1.78 bits per heavy atom. The topological polar surface area (TPSA) is 29.3 Å². The molecule has 0 aliphatic heterocycles. The number of likely N-dealkylation sites (N-methyl/N-ethyl adjacent to an activating group) is 1. The fourth-order valence-corrected chi connectivity index (χ4v) is 3.29. The van der Waals surface area contributed by atoms with Crippen molar-refractivity contribution in [2.45, 2.75) is 77.7 Å². The van der Waals surface area contributed by atoms with E-state index >= 15 is 0 Å². The van der Waals surface area contributed by atoms with Crippen LogP contribution in [0.2, 0.25) is 0 Å². The second-order valence-electron chi connectivity index (χ2n) is 7.07. The third-order valence-electron chi connectivity index (χ3n) is 5.05. The molecule has 1 fully saturated rings.